The van der Waals surface area contributed by atoms with Crippen molar-refractivity contribution in [2.45, 2.75) is 39.7 Å². The number of rotatable bonds is 10. The molecule has 0 radical (unpaired) electrons. The van der Waals surface area contributed by atoms with Crippen molar-refractivity contribution in [1.82, 2.24) is 20.0 Å². The van der Waals surface area contributed by atoms with Gasteiger partial charge in [-0.2, -0.15) is 5.10 Å². The molecule has 0 saturated carbocycles. The Balaban J connectivity index is 1.73. The maximum atomic E-state index is 13.1. The minimum absolute atomic E-state index is 0.0838. The van der Waals surface area contributed by atoms with Crippen molar-refractivity contribution >= 4 is 17.2 Å². The van der Waals surface area contributed by atoms with E-state index < -0.39 is 0 Å². The number of carbonyl (C=O) groups is 1. The molecule has 1 N–H and O–H groups in total. The molecule has 2 aromatic heterocycles. The highest BCUT2D eigenvalue weighted by Gasteiger charge is 2.19. The number of para-hydroxylation sites is 1. The highest BCUT2D eigenvalue weighted by atomic mass is 32.1. The molecule has 0 fully saturated rings. The molecule has 3 aromatic rings. The summed E-state index contributed by atoms with van der Waals surface area (Å²) in [5, 5.41) is 9.90. The van der Waals surface area contributed by atoms with Gasteiger partial charge in [0, 0.05) is 6.04 Å². The Morgan fingerprint density at radius 2 is 1.93 bits per heavy atom. The molecule has 1 amide bonds. The third kappa shape index (κ3) is 5.55. The fraction of sp³-hybridized carbons (Fsp3) is 0.391. The van der Waals surface area contributed by atoms with Gasteiger partial charge in [-0.25, -0.2) is 4.68 Å². The van der Waals surface area contributed by atoms with Crippen LogP contribution in [0.15, 0.2) is 53.9 Å². The van der Waals surface area contributed by atoms with Gasteiger partial charge in [-0.15, -0.1) is 11.3 Å². The van der Waals surface area contributed by atoms with Crippen LogP contribution in [0.4, 0.5) is 0 Å². The molecule has 5 nitrogen and oxygen atoms in total. The lowest BCUT2D eigenvalue weighted by Gasteiger charge is -2.20. The first-order valence-corrected chi connectivity index (χ1v) is 11.2. The van der Waals surface area contributed by atoms with E-state index in [0.29, 0.717) is 5.69 Å². The second kappa shape index (κ2) is 10.4. The molecule has 0 spiro atoms. The van der Waals surface area contributed by atoms with E-state index in [1.165, 1.54) is 0 Å². The molecule has 154 valence electrons. The van der Waals surface area contributed by atoms with Crippen LogP contribution in [0, 0.1) is 0 Å². The molecule has 1 unspecified atom stereocenters. The normalized spacial score (nSPS) is 12.3. The highest BCUT2D eigenvalue weighted by molar-refractivity contribution is 7.13. The van der Waals surface area contributed by atoms with Crippen LogP contribution in [0.1, 0.15) is 44.1 Å². The second-order valence-electron chi connectivity index (χ2n) is 7.18. The van der Waals surface area contributed by atoms with Crippen LogP contribution < -0.4 is 5.32 Å². The molecule has 0 aliphatic rings. The monoisotopic (exact) mass is 410 g/mol. The topological polar surface area (TPSA) is 50.2 Å². The third-order valence-corrected chi connectivity index (χ3v) is 5.99. The Morgan fingerprint density at radius 1 is 1.17 bits per heavy atom. The molecule has 0 aliphatic heterocycles. The molecule has 6 heteroatoms. The molecule has 3 rings (SSSR count). The van der Waals surface area contributed by atoms with Crippen molar-refractivity contribution in [3.8, 4) is 16.3 Å². The number of benzene rings is 1. The number of carbonyl (C=O) groups excluding carboxylic acids is 1. The Kier molecular flexibility index (Phi) is 7.61. The first-order valence-electron chi connectivity index (χ1n) is 10.3. The van der Waals surface area contributed by atoms with Gasteiger partial charge in [0.25, 0.3) is 5.91 Å². The Morgan fingerprint density at radius 3 is 2.59 bits per heavy atom. The lowest BCUT2D eigenvalue weighted by atomic mass is 10.1. The van der Waals surface area contributed by atoms with Crippen molar-refractivity contribution in [3.05, 3.63) is 59.6 Å². The largest absolute Gasteiger partial charge is 0.348 e. The summed E-state index contributed by atoms with van der Waals surface area (Å²) < 4.78 is 1.74. The molecule has 0 aliphatic carbocycles. The summed E-state index contributed by atoms with van der Waals surface area (Å²) in [6.07, 6.45) is 2.03. The number of hydrogen-bond acceptors (Lipinski definition) is 4. The van der Waals surface area contributed by atoms with Crippen molar-refractivity contribution < 1.29 is 4.79 Å². The number of nitrogens with zero attached hydrogens (tertiary/aromatic N) is 3. The fourth-order valence-electron chi connectivity index (χ4n) is 3.38. The second-order valence-corrected chi connectivity index (χ2v) is 8.13. The van der Waals surface area contributed by atoms with E-state index in [4.69, 9.17) is 5.10 Å². The van der Waals surface area contributed by atoms with E-state index in [2.05, 4.69) is 31.0 Å². The van der Waals surface area contributed by atoms with Gasteiger partial charge in [0.2, 0.25) is 0 Å². The van der Waals surface area contributed by atoms with E-state index in [9.17, 15) is 4.79 Å². The zero-order valence-corrected chi connectivity index (χ0v) is 18.3. The molecule has 0 bridgehead atoms. The average molecular weight is 411 g/mol. The maximum Gasteiger partial charge on any atom is 0.270 e. The quantitative estimate of drug-likeness (QED) is 0.520. The highest BCUT2D eigenvalue weighted by Crippen LogP contribution is 2.25. The van der Waals surface area contributed by atoms with Crippen LogP contribution in [0.5, 0.6) is 0 Å². The van der Waals surface area contributed by atoms with Gasteiger partial charge < -0.3 is 10.2 Å². The van der Waals surface area contributed by atoms with Crippen LogP contribution in [0.25, 0.3) is 16.3 Å². The molecule has 1 aromatic carbocycles. The molecular formula is C23H30N4OS. The SMILES string of the molecule is CCN(CC)CCCC(C)NC(=O)c1cc(-c2cccs2)nn1-c1ccccc1. The molecule has 29 heavy (non-hydrogen) atoms. The Hall–Kier alpha value is -2.44. The van der Waals surface area contributed by atoms with E-state index >= 15 is 0 Å². The average Bonchev–Trinajstić information content (AvgIpc) is 3.41. The first-order chi connectivity index (χ1) is 14.1. The maximum absolute atomic E-state index is 13.1. The van der Waals surface area contributed by atoms with Gasteiger partial charge in [0.1, 0.15) is 11.4 Å². The zero-order chi connectivity index (χ0) is 20.6. The van der Waals surface area contributed by atoms with E-state index in [1.54, 1.807) is 16.0 Å². The predicted molar refractivity (Wildman–Crippen MR) is 121 cm³/mol. The summed E-state index contributed by atoms with van der Waals surface area (Å²) in [5.74, 6) is -0.0838. The van der Waals surface area contributed by atoms with Crippen LogP contribution in [0.2, 0.25) is 0 Å². The van der Waals surface area contributed by atoms with Gasteiger partial charge in [-0.05, 0) is 69.0 Å². The number of nitrogens with one attached hydrogen (secondary N) is 1. The smallest absolute Gasteiger partial charge is 0.270 e. The minimum Gasteiger partial charge on any atom is -0.348 e. The fourth-order valence-corrected chi connectivity index (χ4v) is 4.07. The van der Waals surface area contributed by atoms with Crippen molar-refractivity contribution in [2.75, 3.05) is 19.6 Å². The number of thiophene rings is 1. The van der Waals surface area contributed by atoms with E-state index in [-0.39, 0.29) is 11.9 Å². The molecule has 0 saturated heterocycles. The zero-order valence-electron chi connectivity index (χ0n) is 17.5. The van der Waals surface area contributed by atoms with Crippen molar-refractivity contribution in [3.63, 3.8) is 0 Å². The van der Waals surface area contributed by atoms with Crippen molar-refractivity contribution in [2.24, 2.45) is 0 Å². The summed E-state index contributed by atoms with van der Waals surface area (Å²) in [6, 6.07) is 15.8. The van der Waals surface area contributed by atoms with Gasteiger partial charge in [-0.1, -0.05) is 38.1 Å². The molecule has 1 atom stereocenters. The van der Waals surface area contributed by atoms with Gasteiger partial charge in [-0.3, -0.25) is 4.79 Å². The third-order valence-electron chi connectivity index (χ3n) is 5.10. The van der Waals surface area contributed by atoms with Crippen LogP contribution in [0.3, 0.4) is 0 Å². The van der Waals surface area contributed by atoms with E-state index in [0.717, 1.165) is 48.7 Å². The van der Waals surface area contributed by atoms with Crippen LogP contribution in [-0.2, 0) is 0 Å². The van der Waals surface area contributed by atoms with Crippen molar-refractivity contribution in [1.29, 1.82) is 0 Å². The predicted octanol–water partition coefficient (Wildman–Crippen LogP) is 4.84. The first kappa shape index (κ1) is 21.3. The van der Waals surface area contributed by atoms with Crippen LogP contribution >= 0.6 is 11.3 Å². The van der Waals surface area contributed by atoms with Crippen LogP contribution in [-0.4, -0.2) is 46.3 Å². The summed E-state index contributed by atoms with van der Waals surface area (Å²) in [5.41, 5.74) is 2.27. The standard InChI is InChI=1S/C23H30N4OS/c1-4-26(5-2)15-9-11-18(3)24-23(28)21-17-20(22-14-10-16-29-22)25-27(21)19-12-7-6-8-13-19/h6-8,10,12-14,16-18H,4-5,9,11,15H2,1-3H3,(H,24,28). The van der Waals surface area contributed by atoms with Gasteiger partial charge in [0.05, 0.1) is 10.6 Å². The van der Waals surface area contributed by atoms with E-state index in [1.807, 2.05) is 53.9 Å². The summed E-state index contributed by atoms with van der Waals surface area (Å²) in [4.78, 5) is 16.5. The molecular weight excluding hydrogens is 380 g/mol. The van der Waals surface area contributed by atoms with Gasteiger partial charge >= 0.3 is 0 Å². The Labute approximate surface area is 177 Å². The number of amides is 1. The number of hydrogen-bond donors (Lipinski definition) is 1. The number of aromatic nitrogens is 2. The minimum atomic E-state index is -0.0838. The molecule has 2 heterocycles. The summed E-state index contributed by atoms with van der Waals surface area (Å²) >= 11 is 1.62. The Bertz CT molecular complexity index is 885. The van der Waals surface area contributed by atoms with Gasteiger partial charge in [0.15, 0.2) is 0 Å². The lowest BCUT2D eigenvalue weighted by Crippen LogP contribution is -2.34. The summed E-state index contributed by atoms with van der Waals surface area (Å²) in [7, 11) is 0. The summed E-state index contributed by atoms with van der Waals surface area (Å²) in [6.45, 7) is 9.65. The lowest BCUT2D eigenvalue weighted by molar-refractivity contribution is 0.0929.